The van der Waals surface area contributed by atoms with E-state index in [-0.39, 0.29) is 11.1 Å². The van der Waals surface area contributed by atoms with Crippen LogP contribution in [0.3, 0.4) is 0 Å². The van der Waals surface area contributed by atoms with E-state index in [4.69, 9.17) is 0 Å². The number of nitro groups is 1. The van der Waals surface area contributed by atoms with E-state index in [2.05, 4.69) is 21.4 Å². The highest BCUT2D eigenvalue weighted by molar-refractivity contribution is 5.88. The molecule has 1 aliphatic carbocycles. The Morgan fingerprint density at radius 1 is 1.27 bits per heavy atom. The van der Waals surface area contributed by atoms with Crippen LogP contribution in [0.4, 0.5) is 11.5 Å². The van der Waals surface area contributed by atoms with Gasteiger partial charge in [-0.3, -0.25) is 15.1 Å². The van der Waals surface area contributed by atoms with Gasteiger partial charge >= 0.3 is 0 Å². The van der Waals surface area contributed by atoms with Crippen LogP contribution < -0.4 is 5.32 Å². The summed E-state index contributed by atoms with van der Waals surface area (Å²) in [6.45, 7) is 0.681. The average molecular weight is 345 g/mol. The van der Waals surface area contributed by atoms with Gasteiger partial charge < -0.3 is 5.32 Å². The first kappa shape index (κ1) is 16.0. The van der Waals surface area contributed by atoms with Crippen molar-refractivity contribution in [3.63, 3.8) is 0 Å². The molecule has 0 spiro atoms. The van der Waals surface area contributed by atoms with Crippen LogP contribution >= 0.6 is 0 Å². The molecule has 1 N–H and O–H groups in total. The lowest BCUT2D eigenvalue weighted by Crippen LogP contribution is -2.21. The fourth-order valence-corrected chi connectivity index (χ4v) is 3.12. The Balaban J connectivity index is 1.63. The van der Waals surface area contributed by atoms with Crippen molar-refractivity contribution in [3.05, 3.63) is 70.0 Å². The molecule has 7 nitrogen and oxygen atoms in total. The summed E-state index contributed by atoms with van der Waals surface area (Å²) in [7, 11) is 0. The van der Waals surface area contributed by atoms with Crippen LogP contribution in [0.1, 0.15) is 24.1 Å². The number of aromatic nitrogens is 2. The zero-order valence-corrected chi connectivity index (χ0v) is 13.8. The van der Waals surface area contributed by atoms with Crippen molar-refractivity contribution in [2.24, 2.45) is 0 Å². The molecule has 26 heavy (non-hydrogen) atoms. The first-order valence-electron chi connectivity index (χ1n) is 8.26. The van der Waals surface area contributed by atoms with Crippen LogP contribution in [0, 0.1) is 21.4 Å². The van der Waals surface area contributed by atoms with Crippen LogP contribution in [0.15, 0.2) is 48.7 Å². The van der Waals surface area contributed by atoms with E-state index in [1.807, 2.05) is 18.2 Å². The van der Waals surface area contributed by atoms with E-state index in [1.54, 1.807) is 18.3 Å². The van der Waals surface area contributed by atoms with E-state index in [0.717, 1.165) is 18.5 Å². The second kappa shape index (κ2) is 6.08. The predicted molar refractivity (Wildman–Crippen MR) is 96.8 cm³/mol. The van der Waals surface area contributed by atoms with Crippen molar-refractivity contribution in [2.75, 3.05) is 11.9 Å². The molecular formula is C19H15N5O2. The molecular weight excluding hydrogens is 330 g/mol. The summed E-state index contributed by atoms with van der Waals surface area (Å²) in [5, 5.41) is 24.2. The van der Waals surface area contributed by atoms with Gasteiger partial charge in [-0.05, 0) is 37.1 Å². The van der Waals surface area contributed by atoms with Crippen molar-refractivity contribution in [1.82, 2.24) is 9.97 Å². The van der Waals surface area contributed by atoms with E-state index < -0.39 is 4.92 Å². The fraction of sp³-hybridized carbons (Fsp3) is 0.211. The van der Waals surface area contributed by atoms with Gasteiger partial charge in [-0.2, -0.15) is 5.26 Å². The molecule has 1 fully saturated rings. The monoisotopic (exact) mass is 345 g/mol. The Morgan fingerprint density at radius 3 is 2.77 bits per heavy atom. The molecule has 4 rings (SSSR count). The number of anilines is 1. The van der Waals surface area contributed by atoms with Crippen LogP contribution in [-0.2, 0) is 5.41 Å². The number of pyridine rings is 2. The van der Waals surface area contributed by atoms with Gasteiger partial charge in [0.15, 0.2) is 0 Å². The van der Waals surface area contributed by atoms with Gasteiger partial charge in [-0.25, -0.2) is 4.98 Å². The first-order valence-corrected chi connectivity index (χ1v) is 8.26. The molecule has 2 heterocycles. The number of hydrogen-bond donors (Lipinski definition) is 1. The Kier molecular flexibility index (Phi) is 3.73. The summed E-state index contributed by atoms with van der Waals surface area (Å²) in [6.07, 6.45) is 3.91. The quantitative estimate of drug-likeness (QED) is 0.560. The minimum Gasteiger partial charge on any atom is -0.369 e. The minimum atomic E-state index is -0.476. The van der Waals surface area contributed by atoms with Crippen molar-refractivity contribution < 1.29 is 4.92 Å². The maximum absolute atomic E-state index is 10.9. The highest BCUT2D eigenvalue weighted by atomic mass is 16.6. The van der Waals surface area contributed by atoms with Crippen LogP contribution in [0.2, 0.25) is 0 Å². The SMILES string of the molecule is N#Cc1cc(NCC2(c3ccccn3)CC2)nc2ccc([N+](=O)[O-])cc12. The fourth-order valence-electron chi connectivity index (χ4n) is 3.12. The number of benzene rings is 1. The lowest BCUT2D eigenvalue weighted by molar-refractivity contribution is -0.384. The van der Waals surface area contributed by atoms with E-state index >= 15 is 0 Å². The molecule has 2 aromatic heterocycles. The van der Waals surface area contributed by atoms with E-state index in [1.165, 1.54) is 12.1 Å². The Hall–Kier alpha value is -3.53. The zero-order chi connectivity index (χ0) is 18.1. The molecule has 1 saturated carbocycles. The third-order valence-corrected chi connectivity index (χ3v) is 4.79. The van der Waals surface area contributed by atoms with E-state index in [0.29, 0.717) is 28.8 Å². The lowest BCUT2D eigenvalue weighted by atomic mass is 10.0. The normalized spacial score (nSPS) is 14.6. The van der Waals surface area contributed by atoms with Gasteiger partial charge in [-0.1, -0.05) is 6.07 Å². The Bertz CT molecular complexity index is 1040. The Labute approximate surface area is 149 Å². The number of hydrogen-bond acceptors (Lipinski definition) is 6. The summed E-state index contributed by atoms with van der Waals surface area (Å²) in [6, 6.07) is 14.0. The molecule has 0 radical (unpaired) electrons. The summed E-state index contributed by atoms with van der Waals surface area (Å²) in [5.74, 6) is 0.588. The highest BCUT2D eigenvalue weighted by Crippen LogP contribution is 2.47. The number of nitriles is 1. The van der Waals surface area contributed by atoms with Crippen LogP contribution in [-0.4, -0.2) is 21.4 Å². The van der Waals surface area contributed by atoms with Crippen LogP contribution in [0.25, 0.3) is 10.9 Å². The predicted octanol–water partition coefficient (Wildman–Crippen LogP) is 3.55. The number of fused-ring (bicyclic) bond motifs is 1. The van der Waals surface area contributed by atoms with Gasteiger partial charge in [-0.15, -0.1) is 0 Å². The number of nitrogens with zero attached hydrogens (tertiary/aromatic N) is 4. The van der Waals surface area contributed by atoms with Crippen molar-refractivity contribution in [2.45, 2.75) is 18.3 Å². The lowest BCUT2D eigenvalue weighted by Gasteiger charge is -2.16. The molecule has 128 valence electrons. The summed E-state index contributed by atoms with van der Waals surface area (Å²) >= 11 is 0. The highest BCUT2D eigenvalue weighted by Gasteiger charge is 2.45. The summed E-state index contributed by atoms with van der Waals surface area (Å²) < 4.78 is 0. The number of nitro benzene ring substituents is 1. The van der Waals surface area contributed by atoms with Gasteiger partial charge in [0, 0.05) is 41.4 Å². The maximum Gasteiger partial charge on any atom is 0.270 e. The summed E-state index contributed by atoms with van der Waals surface area (Å²) in [5.41, 5.74) is 1.94. The van der Waals surface area contributed by atoms with Crippen molar-refractivity contribution >= 4 is 22.4 Å². The zero-order valence-electron chi connectivity index (χ0n) is 13.8. The first-order chi connectivity index (χ1) is 12.6. The third kappa shape index (κ3) is 2.82. The smallest absolute Gasteiger partial charge is 0.270 e. The topological polar surface area (TPSA) is 105 Å². The van der Waals surface area contributed by atoms with Gasteiger partial charge in [0.1, 0.15) is 5.82 Å². The second-order valence-corrected chi connectivity index (χ2v) is 6.47. The molecule has 1 aromatic carbocycles. The molecule has 0 atom stereocenters. The van der Waals surface area contributed by atoms with E-state index in [9.17, 15) is 15.4 Å². The van der Waals surface area contributed by atoms with Crippen LogP contribution in [0.5, 0.6) is 0 Å². The standard InChI is InChI=1S/C19H15N5O2/c20-11-13-9-18(23-16-5-4-14(24(25)26)10-15(13)16)22-12-19(6-7-19)17-3-1-2-8-21-17/h1-5,8-10H,6-7,12H2,(H,22,23). The third-order valence-electron chi connectivity index (χ3n) is 4.79. The van der Waals surface area contributed by atoms with Gasteiger partial charge in [0.2, 0.25) is 0 Å². The Morgan fingerprint density at radius 2 is 2.12 bits per heavy atom. The van der Waals surface area contributed by atoms with Crippen molar-refractivity contribution in [1.29, 1.82) is 5.26 Å². The number of non-ortho nitro benzene ring substituents is 1. The molecule has 0 aliphatic heterocycles. The van der Waals surface area contributed by atoms with Crippen molar-refractivity contribution in [3.8, 4) is 6.07 Å². The molecule has 1 aliphatic rings. The molecule has 7 heteroatoms. The van der Waals surface area contributed by atoms with Gasteiger partial charge in [0.25, 0.3) is 5.69 Å². The molecule has 0 bridgehead atoms. The minimum absolute atomic E-state index is 0.0141. The molecule has 0 amide bonds. The number of nitrogens with one attached hydrogen (secondary N) is 1. The summed E-state index contributed by atoms with van der Waals surface area (Å²) in [4.78, 5) is 19.4. The second-order valence-electron chi connectivity index (χ2n) is 6.47. The molecule has 0 saturated heterocycles. The maximum atomic E-state index is 10.9. The molecule has 3 aromatic rings. The molecule has 0 unspecified atom stereocenters. The number of rotatable bonds is 5. The average Bonchev–Trinajstić information content (AvgIpc) is 3.47. The largest absolute Gasteiger partial charge is 0.369 e. The van der Waals surface area contributed by atoms with Gasteiger partial charge in [0.05, 0.1) is 22.1 Å².